The zero-order valence-electron chi connectivity index (χ0n) is 10.4. The summed E-state index contributed by atoms with van der Waals surface area (Å²) < 4.78 is 24.6. The summed E-state index contributed by atoms with van der Waals surface area (Å²) in [5.74, 6) is 0.527. The number of nitrogens with zero attached hydrogens (tertiary/aromatic N) is 1. The summed E-state index contributed by atoms with van der Waals surface area (Å²) in [5, 5.41) is 3.46. The lowest BCUT2D eigenvalue weighted by Crippen LogP contribution is -2.45. The molecule has 0 saturated carbocycles. The molecule has 1 fully saturated rings. The summed E-state index contributed by atoms with van der Waals surface area (Å²) >= 11 is 0. The summed E-state index contributed by atoms with van der Waals surface area (Å²) in [4.78, 5) is 1.91. The zero-order valence-corrected chi connectivity index (χ0v) is 10.4. The first-order valence-electron chi connectivity index (χ1n) is 6.37. The Labute approximate surface area is 97.4 Å². The van der Waals surface area contributed by atoms with Crippen molar-refractivity contribution < 1.29 is 8.78 Å². The molecule has 1 saturated heterocycles. The molecule has 1 N–H and O–H groups in total. The standard InChI is InChI=1S/C12H24F2N2/c1-3-6-15-10(2)11-5-4-7-16(8-11)9-12(13)14/h10-12,15H,3-9H2,1-2H3. The first kappa shape index (κ1) is 13.8. The molecule has 0 bridgehead atoms. The molecule has 0 spiro atoms. The minimum atomic E-state index is -2.20. The number of hydrogen-bond donors (Lipinski definition) is 1. The number of rotatable bonds is 6. The maximum Gasteiger partial charge on any atom is 0.251 e. The Morgan fingerprint density at radius 2 is 2.19 bits per heavy atom. The quantitative estimate of drug-likeness (QED) is 0.759. The van der Waals surface area contributed by atoms with Crippen molar-refractivity contribution in [3.8, 4) is 0 Å². The van der Waals surface area contributed by atoms with Crippen LogP contribution >= 0.6 is 0 Å². The van der Waals surface area contributed by atoms with Crippen molar-refractivity contribution in [1.29, 1.82) is 0 Å². The molecule has 1 rings (SSSR count). The van der Waals surface area contributed by atoms with Gasteiger partial charge >= 0.3 is 0 Å². The molecular formula is C12H24F2N2. The van der Waals surface area contributed by atoms with Gasteiger partial charge in [-0.2, -0.15) is 0 Å². The molecule has 2 atom stereocenters. The average molecular weight is 234 g/mol. The van der Waals surface area contributed by atoms with E-state index in [-0.39, 0.29) is 6.54 Å². The molecule has 4 heteroatoms. The molecule has 1 heterocycles. The highest BCUT2D eigenvalue weighted by atomic mass is 19.3. The summed E-state index contributed by atoms with van der Waals surface area (Å²) in [5.41, 5.74) is 0. The van der Waals surface area contributed by atoms with E-state index in [4.69, 9.17) is 0 Å². The zero-order chi connectivity index (χ0) is 12.0. The van der Waals surface area contributed by atoms with Crippen molar-refractivity contribution in [2.45, 2.75) is 45.6 Å². The Hall–Kier alpha value is -0.220. The van der Waals surface area contributed by atoms with Crippen molar-refractivity contribution in [2.24, 2.45) is 5.92 Å². The second-order valence-electron chi connectivity index (χ2n) is 4.80. The second-order valence-corrected chi connectivity index (χ2v) is 4.80. The minimum absolute atomic E-state index is 0.0585. The topological polar surface area (TPSA) is 15.3 Å². The van der Waals surface area contributed by atoms with E-state index in [1.165, 1.54) is 0 Å². The van der Waals surface area contributed by atoms with Gasteiger partial charge in [0.15, 0.2) is 0 Å². The van der Waals surface area contributed by atoms with Gasteiger partial charge in [0.2, 0.25) is 0 Å². The predicted octanol–water partition coefficient (Wildman–Crippen LogP) is 2.35. The van der Waals surface area contributed by atoms with Gasteiger partial charge in [-0.1, -0.05) is 6.92 Å². The molecule has 0 aromatic heterocycles. The molecule has 16 heavy (non-hydrogen) atoms. The van der Waals surface area contributed by atoms with E-state index in [1.54, 1.807) is 0 Å². The fourth-order valence-electron chi connectivity index (χ4n) is 2.40. The van der Waals surface area contributed by atoms with E-state index in [9.17, 15) is 8.78 Å². The van der Waals surface area contributed by atoms with Crippen LogP contribution in [0.1, 0.15) is 33.1 Å². The predicted molar refractivity (Wildman–Crippen MR) is 62.9 cm³/mol. The molecule has 0 aromatic rings. The maximum absolute atomic E-state index is 12.3. The number of halogens is 2. The molecule has 1 aliphatic heterocycles. The lowest BCUT2D eigenvalue weighted by Gasteiger charge is -2.35. The van der Waals surface area contributed by atoms with Crippen LogP contribution in [0.5, 0.6) is 0 Å². The maximum atomic E-state index is 12.3. The third-order valence-corrected chi connectivity index (χ3v) is 3.36. The van der Waals surface area contributed by atoms with E-state index >= 15 is 0 Å². The van der Waals surface area contributed by atoms with Crippen LogP contribution in [-0.2, 0) is 0 Å². The molecule has 0 aliphatic carbocycles. The monoisotopic (exact) mass is 234 g/mol. The van der Waals surface area contributed by atoms with Crippen molar-refractivity contribution in [2.75, 3.05) is 26.2 Å². The SMILES string of the molecule is CCCNC(C)C1CCCN(CC(F)F)C1. The third-order valence-electron chi connectivity index (χ3n) is 3.36. The summed E-state index contributed by atoms with van der Waals surface area (Å²) in [6.07, 6.45) is 1.14. The fraction of sp³-hybridized carbons (Fsp3) is 1.00. The minimum Gasteiger partial charge on any atom is -0.314 e. The van der Waals surface area contributed by atoms with E-state index in [1.807, 2.05) is 4.90 Å². The van der Waals surface area contributed by atoms with Gasteiger partial charge in [0.25, 0.3) is 6.43 Å². The van der Waals surface area contributed by atoms with Crippen molar-refractivity contribution >= 4 is 0 Å². The Morgan fingerprint density at radius 1 is 1.44 bits per heavy atom. The summed E-state index contributed by atoms with van der Waals surface area (Å²) in [6, 6.07) is 0.445. The highest BCUT2D eigenvalue weighted by Gasteiger charge is 2.25. The van der Waals surface area contributed by atoms with Crippen LogP contribution in [-0.4, -0.2) is 43.5 Å². The van der Waals surface area contributed by atoms with Crippen LogP contribution in [0.4, 0.5) is 8.78 Å². The number of nitrogens with one attached hydrogen (secondary N) is 1. The first-order valence-corrected chi connectivity index (χ1v) is 6.37. The Morgan fingerprint density at radius 3 is 2.81 bits per heavy atom. The van der Waals surface area contributed by atoms with E-state index in [0.717, 1.165) is 38.9 Å². The molecular weight excluding hydrogens is 210 g/mol. The van der Waals surface area contributed by atoms with Crippen LogP contribution in [0.3, 0.4) is 0 Å². The Kier molecular flexibility index (Phi) is 6.21. The van der Waals surface area contributed by atoms with Crippen LogP contribution in [0.15, 0.2) is 0 Å². The van der Waals surface area contributed by atoms with Gasteiger partial charge in [-0.05, 0) is 45.2 Å². The van der Waals surface area contributed by atoms with Gasteiger partial charge in [0.05, 0.1) is 6.54 Å². The van der Waals surface area contributed by atoms with Crippen LogP contribution < -0.4 is 5.32 Å². The normalized spacial score (nSPS) is 24.9. The van der Waals surface area contributed by atoms with Crippen molar-refractivity contribution in [3.63, 3.8) is 0 Å². The molecule has 0 radical (unpaired) electrons. The highest BCUT2D eigenvalue weighted by Crippen LogP contribution is 2.20. The van der Waals surface area contributed by atoms with E-state index < -0.39 is 6.43 Å². The number of piperidine rings is 1. The largest absolute Gasteiger partial charge is 0.314 e. The van der Waals surface area contributed by atoms with Gasteiger partial charge in [-0.25, -0.2) is 8.78 Å². The Bertz CT molecular complexity index is 188. The van der Waals surface area contributed by atoms with Gasteiger partial charge in [0.1, 0.15) is 0 Å². The average Bonchev–Trinajstić information content (AvgIpc) is 2.25. The summed E-state index contributed by atoms with van der Waals surface area (Å²) in [6.45, 7) is 6.93. The van der Waals surface area contributed by atoms with Gasteiger partial charge in [0, 0.05) is 12.6 Å². The lowest BCUT2D eigenvalue weighted by atomic mass is 9.91. The molecule has 0 amide bonds. The van der Waals surface area contributed by atoms with E-state index in [2.05, 4.69) is 19.2 Å². The van der Waals surface area contributed by atoms with Crippen LogP contribution in [0, 0.1) is 5.92 Å². The number of hydrogen-bond acceptors (Lipinski definition) is 2. The van der Waals surface area contributed by atoms with Gasteiger partial charge < -0.3 is 5.32 Å². The molecule has 1 aliphatic rings. The molecule has 2 nitrogen and oxygen atoms in total. The van der Waals surface area contributed by atoms with Crippen molar-refractivity contribution in [1.82, 2.24) is 10.2 Å². The smallest absolute Gasteiger partial charge is 0.251 e. The second kappa shape index (κ2) is 7.17. The van der Waals surface area contributed by atoms with Gasteiger partial charge in [-0.3, -0.25) is 4.90 Å². The van der Waals surface area contributed by atoms with Crippen LogP contribution in [0.2, 0.25) is 0 Å². The lowest BCUT2D eigenvalue weighted by molar-refractivity contribution is 0.0591. The molecule has 2 unspecified atom stereocenters. The molecule has 0 aromatic carbocycles. The summed E-state index contributed by atoms with van der Waals surface area (Å²) in [7, 11) is 0. The molecule has 96 valence electrons. The van der Waals surface area contributed by atoms with E-state index in [0.29, 0.717) is 12.0 Å². The van der Waals surface area contributed by atoms with Gasteiger partial charge in [-0.15, -0.1) is 0 Å². The van der Waals surface area contributed by atoms with Crippen LogP contribution in [0.25, 0.3) is 0 Å². The Balaban J connectivity index is 2.31. The first-order chi connectivity index (χ1) is 7.63. The number of likely N-dealkylation sites (tertiary alicyclic amines) is 1. The third kappa shape index (κ3) is 4.74. The fourth-order valence-corrected chi connectivity index (χ4v) is 2.40. The highest BCUT2D eigenvalue weighted by molar-refractivity contribution is 4.80. The van der Waals surface area contributed by atoms with Crippen molar-refractivity contribution in [3.05, 3.63) is 0 Å². The number of alkyl halides is 2.